The van der Waals surface area contributed by atoms with Gasteiger partial charge in [-0.1, -0.05) is 24.3 Å². The number of benzene rings is 2. The van der Waals surface area contributed by atoms with Gasteiger partial charge in [0.15, 0.2) is 11.5 Å². The standard InChI is InChI=1S/C23H30N2O4/c1-27-20-12-11-19(21(28-2)22(20)29-3)23(26)24-15-17-7-9-18(10-8-17)16-25-13-5-4-6-14-25/h7-12H,4-6,13-16H2,1-3H3,(H,24,26)/p+1. The number of quaternary nitrogens is 1. The van der Waals surface area contributed by atoms with Crippen LogP contribution in [0.3, 0.4) is 0 Å². The molecule has 0 atom stereocenters. The summed E-state index contributed by atoms with van der Waals surface area (Å²) < 4.78 is 16.0. The van der Waals surface area contributed by atoms with Gasteiger partial charge < -0.3 is 24.4 Å². The first-order valence-electron chi connectivity index (χ1n) is 10.1. The zero-order valence-corrected chi connectivity index (χ0v) is 17.5. The van der Waals surface area contributed by atoms with Gasteiger partial charge in [0, 0.05) is 12.1 Å². The van der Waals surface area contributed by atoms with Gasteiger partial charge in [0.25, 0.3) is 5.91 Å². The van der Waals surface area contributed by atoms with Crippen LogP contribution in [-0.4, -0.2) is 40.3 Å². The van der Waals surface area contributed by atoms with Gasteiger partial charge in [0.2, 0.25) is 5.75 Å². The Kier molecular flexibility index (Phi) is 7.36. The molecular weight excluding hydrogens is 368 g/mol. The molecule has 1 aliphatic rings. The maximum Gasteiger partial charge on any atom is 0.255 e. The van der Waals surface area contributed by atoms with E-state index in [2.05, 4.69) is 29.6 Å². The van der Waals surface area contributed by atoms with E-state index in [0.29, 0.717) is 29.4 Å². The van der Waals surface area contributed by atoms with Gasteiger partial charge in [0.1, 0.15) is 6.54 Å². The lowest BCUT2D eigenvalue weighted by Crippen LogP contribution is -3.11. The van der Waals surface area contributed by atoms with Crippen molar-refractivity contribution >= 4 is 5.91 Å². The van der Waals surface area contributed by atoms with Crippen molar-refractivity contribution in [3.8, 4) is 17.2 Å². The van der Waals surface area contributed by atoms with Crippen molar-refractivity contribution in [2.45, 2.75) is 32.4 Å². The minimum Gasteiger partial charge on any atom is -0.493 e. The van der Waals surface area contributed by atoms with Gasteiger partial charge in [-0.2, -0.15) is 0 Å². The molecule has 156 valence electrons. The number of rotatable bonds is 8. The van der Waals surface area contributed by atoms with E-state index >= 15 is 0 Å². The number of methoxy groups -OCH3 is 3. The maximum absolute atomic E-state index is 12.7. The van der Waals surface area contributed by atoms with Gasteiger partial charge >= 0.3 is 0 Å². The Morgan fingerprint density at radius 1 is 0.862 bits per heavy atom. The van der Waals surface area contributed by atoms with Crippen LogP contribution in [0.1, 0.15) is 40.7 Å². The Balaban J connectivity index is 1.61. The summed E-state index contributed by atoms with van der Waals surface area (Å²) >= 11 is 0. The van der Waals surface area contributed by atoms with Crippen molar-refractivity contribution in [1.29, 1.82) is 0 Å². The number of piperidine rings is 1. The summed E-state index contributed by atoms with van der Waals surface area (Å²) in [5.74, 6) is 1.08. The minimum atomic E-state index is -0.218. The van der Waals surface area contributed by atoms with Gasteiger partial charge in [0.05, 0.1) is 40.0 Å². The predicted molar refractivity (Wildman–Crippen MR) is 112 cm³/mol. The zero-order valence-electron chi connectivity index (χ0n) is 17.5. The number of ether oxygens (including phenoxy) is 3. The molecule has 3 rings (SSSR count). The lowest BCUT2D eigenvalue weighted by molar-refractivity contribution is -0.918. The Morgan fingerprint density at radius 3 is 2.14 bits per heavy atom. The van der Waals surface area contributed by atoms with E-state index in [4.69, 9.17) is 14.2 Å². The molecule has 6 heteroatoms. The SMILES string of the molecule is COc1ccc(C(=O)NCc2ccc(C[NH+]3CCCCC3)cc2)c(OC)c1OC. The fraction of sp³-hybridized carbons (Fsp3) is 0.435. The predicted octanol–water partition coefficient (Wildman–Crippen LogP) is 2.21. The Hall–Kier alpha value is -2.73. The largest absolute Gasteiger partial charge is 0.493 e. The Labute approximate surface area is 172 Å². The molecule has 29 heavy (non-hydrogen) atoms. The van der Waals surface area contributed by atoms with E-state index in [9.17, 15) is 4.79 Å². The van der Waals surface area contributed by atoms with Crippen molar-refractivity contribution in [3.63, 3.8) is 0 Å². The average molecular weight is 400 g/mol. The zero-order chi connectivity index (χ0) is 20.6. The average Bonchev–Trinajstić information content (AvgIpc) is 2.77. The van der Waals surface area contributed by atoms with E-state index in [1.807, 2.05) is 0 Å². The van der Waals surface area contributed by atoms with E-state index in [-0.39, 0.29) is 5.91 Å². The first kappa shape index (κ1) is 21.0. The molecule has 0 unspecified atom stereocenters. The summed E-state index contributed by atoms with van der Waals surface area (Å²) in [6.45, 7) is 4.07. The van der Waals surface area contributed by atoms with Crippen LogP contribution in [0.15, 0.2) is 36.4 Å². The smallest absolute Gasteiger partial charge is 0.255 e. The van der Waals surface area contributed by atoms with E-state index in [1.165, 1.54) is 52.1 Å². The van der Waals surface area contributed by atoms with Crippen LogP contribution < -0.4 is 24.4 Å². The minimum absolute atomic E-state index is 0.218. The molecule has 0 aromatic heterocycles. The summed E-state index contributed by atoms with van der Waals surface area (Å²) in [5.41, 5.74) is 2.82. The normalized spacial score (nSPS) is 14.3. The molecule has 1 heterocycles. The lowest BCUT2D eigenvalue weighted by Gasteiger charge is -2.23. The molecule has 1 saturated heterocycles. The van der Waals surface area contributed by atoms with E-state index in [0.717, 1.165) is 12.1 Å². The summed E-state index contributed by atoms with van der Waals surface area (Å²) in [6, 6.07) is 11.9. The van der Waals surface area contributed by atoms with E-state index < -0.39 is 0 Å². The maximum atomic E-state index is 12.7. The lowest BCUT2D eigenvalue weighted by atomic mass is 10.1. The summed E-state index contributed by atoms with van der Waals surface area (Å²) in [5, 5.41) is 2.96. The van der Waals surface area contributed by atoms with Gasteiger partial charge in [-0.05, 0) is 37.0 Å². The first-order valence-corrected chi connectivity index (χ1v) is 10.1. The van der Waals surface area contributed by atoms with Crippen molar-refractivity contribution < 1.29 is 23.9 Å². The first-order chi connectivity index (χ1) is 14.2. The van der Waals surface area contributed by atoms with Crippen LogP contribution in [0.5, 0.6) is 17.2 Å². The fourth-order valence-corrected chi connectivity index (χ4v) is 3.85. The van der Waals surface area contributed by atoms with Crippen LogP contribution in [0.2, 0.25) is 0 Å². The fourth-order valence-electron chi connectivity index (χ4n) is 3.85. The second-order valence-corrected chi connectivity index (χ2v) is 7.37. The van der Waals surface area contributed by atoms with Gasteiger partial charge in [-0.15, -0.1) is 0 Å². The molecule has 0 saturated carbocycles. The summed E-state index contributed by atoms with van der Waals surface area (Å²) in [7, 11) is 4.58. The van der Waals surface area contributed by atoms with Crippen molar-refractivity contribution in [2.24, 2.45) is 0 Å². The van der Waals surface area contributed by atoms with Crippen LogP contribution in [0.4, 0.5) is 0 Å². The molecule has 0 spiro atoms. The second kappa shape index (κ2) is 10.2. The highest BCUT2D eigenvalue weighted by atomic mass is 16.5. The number of carbonyl (C=O) groups excluding carboxylic acids is 1. The second-order valence-electron chi connectivity index (χ2n) is 7.37. The topological polar surface area (TPSA) is 61.2 Å². The molecule has 0 radical (unpaired) electrons. The highest BCUT2D eigenvalue weighted by molar-refractivity contribution is 5.98. The number of hydrogen-bond donors (Lipinski definition) is 2. The Bertz CT molecular complexity index is 814. The number of nitrogens with one attached hydrogen (secondary N) is 2. The third-order valence-electron chi connectivity index (χ3n) is 5.44. The van der Waals surface area contributed by atoms with E-state index in [1.54, 1.807) is 24.1 Å². The van der Waals surface area contributed by atoms with Crippen LogP contribution in [0, 0.1) is 0 Å². The quantitative estimate of drug-likeness (QED) is 0.715. The third kappa shape index (κ3) is 5.21. The van der Waals surface area contributed by atoms with Crippen molar-refractivity contribution in [3.05, 3.63) is 53.1 Å². The molecule has 0 bridgehead atoms. The van der Waals surface area contributed by atoms with Crippen LogP contribution >= 0.6 is 0 Å². The molecule has 1 fully saturated rings. The van der Waals surface area contributed by atoms with Crippen LogP contribution in [0.25, 0.3) is 0 Å². The molecule has 1 amide bonds. The molecule has 2 aromatic rings. The number of hydrogen-bond acceptors (Lipinski definition) is 4. The molecule has 2 N–H and O–H groups in total. The molecule has 1 aliphatic heterocycles. The Morgan fingerprint density at radius 2 is 1.52 bits per heavy atom. The van der Waals surface area contributed by atoms with Crippen LogP contribution in [-0.2, 0) is 13.1 Å². The molecular formula is C23H31N2O4+. The molecule has 6 nitrogen and oxygen atoms in total. The monoisotopic (exact) mass is 399 g/mol. The van der Waals surface area contributed by atoms with Gasteiger partial charge in [-0.3, -0.25) is 4.79 Å². The van der Waals surface area contributed by atoms with Crippen molar-refractivity contribution in [2.75, 3.05) is 34.4 Å². The number of amides is 1. The summed E-state index contributed by atoms with van der Waals surface area (Å²) in [4.78, 5) is 14.4. The van der Waals surface area contributed by atoms with Crippen molar-refractivity contribution in [1.82, 2.24) is 5.32 Å². The highest BCUT2D eigenvalue weighted by Gasteiger charge is 2.20. The number of carbonyl (C=O) groups is 1. The summed E-state index contributed by atoms with van der Waals surface area (Å²) in [6.07, 6.45) is 4.03. The third-order valence-corrected chi connectivity index (χ3v) is 5.44. The number of likely N-dealkylation sites (tertiary alicyclic amines) is 1. The molecule has 2 aromatic carbocycles. The highest BCUT2D eigenvalue weighted by Crippen LogP contribution is 2.39. The van der Waals surface area contributed by atoms with Gasteiger partial charge in [-0.25, -0.2) is 0 Å². The molecule has 0 aliphatic carbocycles.